The number of fused-ring (bicyclic) bond motifs is 3. The Hall–Kier alpha value is -1.02. The van der Waals surface area contributed by atoms with Gasteiger partial charge in [0.2, 0.25) is 0 Å². The predicted octanol–water partition coefficient (Wildman–Crippen LogP) is 4.52. The SMILES string of the molecule is CC(C)c1cc2c(cc1O)[C@@]1(CO)CCCC(C)(C)C1CC2. The predicted molar refractivity (Wildman–Crippen MR) is 90.4 cm³/mol. The first-order chi connectivity index (χ1) is 10.3. The molecule has 22 heavy (non-hydrogen) atoms. The largest absolute Gasteiger partial charge is 0.508 e. The lowest BCUT2D eigenvalue weighted by molar-refractivity contribution is -0.00522. The molecule has 122 valence electrons. The summed E-state index contributed by atoms with van der Waals surface area (Å²) in [5, 5.41) is 20.8. The molecule has 0 aromatic heterocycles. The minimum Gasteiger partial charge on any atom is -0.508 e. The standard InChI is InChI=1S/C20H30O2/c1-13(2)15-10-14-6-7-18-19(3,4)8-5-9-20(18,12-21)16(14)11-17(15)22/h10-11,13,18,21-22H,5-9,12H2,1-4H3/t18?,20-/m0/s1. The van der Waals surface area contributed by atoms with Gasteiger partial charge in [0, 0.05) is 5.41 Å². The molecule has 0 radical (unpaired) electrons. The Bertz CT molecular complexity index is 573. The molecule has 2 atom stereocenters. The van der Waals surface area contributed by atoms with Gasteiger partial charge in [-0.05, 0) is 65.7 Å². The van der Waals surface area contributed by atoms with Gasteiger partial charge >= 0.3 is 0 Å². The fourth-order valence-electron chi connectivity index (χ4n) is 5.30. The summed E-state index contributed by atoms with van der Waals surface area (Å²) in [5.74, 6) is 1.25. The van der Waals surface area contributed by atoms with E-state index in [1.54, 1.807) is 0 Å². The van der Waals surface area contributed by atoms with E-state index in [-0.39, 0.29) is 17.4 Å². The fourth-order valence-corrected chi connectivity index (χ4v) is 5.30. The molecule has 2 N–H and O–H groups in total. The average molecular weight is 302 g/mol. The van der Waals surface area contributed by atoms with Crippen LogP contribution in [0.2, 0.25) is 0 Å². The summed E-state index contributed by atoms with van der Waals surface area (Å²) < 4.78 is 0. The van der Waals surface area contributed by atoms with E-state index in [4.69, 9.17) is 0 Å². The van der Waals surface area contributed by atoms with E-state index in [1.807, 2.05) is 6.07 Å². The first-order valence-electron chi connectivity index (χ1n) is 8.79. The summed E-state index contributed by atoms with van der Waals surface area (Å²) in [7, 11) is 0. The molecular weight excluding hydrogens is 272 g/mol. The van der Waals surface area contributed by atoms with Crippen LogP contribution in [0, 0.1) is 11.3 Å². The van der Waals surface area contributed by atoms with Crippen molar-refractivity contribution in [2.24, 2.45) is 11.3 Å². The number of aliphatic hydroxyl groups is 1. The molecule has 3 rings (SSSR count). The lowest BCUT2D eigenvalue weighted by Crippen LogP contribution is -2.51. The Balaban J connectivity index is 2.16. The zero-order valence-corrected chi connectivity index (χ0v) is 14.4. The molecule has 0 aliphatic heterocycles. The molecule has 0 saturated heterocycles. The fraction of sp³-hybridized carbons (Fsp3) is 0.700. The minimum atomic E-state index is -0.150. The molecule has 1 saturated carbocycles. The lowest BCUT2D eigenvalue weighted by atomic mass is 9.50. The second-order valence-corrected chi connectivity index (χ2v) is 8.47. The molecule has 2 heteroatoms. The van der Waals surface area contributed by atoms with Crippen LogP contribution < -0.4 is 0 Å². The summed E-state index contributed by atoms with van der Waals surface area (Å²) in [6.45, 7) is 9.16. The molecule has 1 aromatic carbocycles. The maximum absolute atomic E-state index is 10.5. The molecular formula is C20H30O2. The second-order valence-electron chi connectivity index (χ2n) is 8.47. The van der Waals surface area contributed by atoms with E-state index in [2.05, 4.69) is 33.8 Å². The highest BCUT2D eigenvalue weighted by Crippen LogP contribution is 2.57. The molecule has 1 aromatic rings. The maximum Gasteiger partial charge on any atom is 0.119 e. The molecule has 0 heterocycles. The van der Waals surface area contributed by atoms with Crippen molar-refractivity contribution in [2.75, 3.05) is 6.61 Å². The van der Waals surface area contributed by atoms with E-state index in [0.717, 1.165) is 31.2 Å². The Kier molecular flexibility index (Phi) is 3.79. The van der Waals surface area contributed by atoms with Gasteiger partial charge in [-0.3, -0.25) is 0 Å². The zero-order chi connectivity index (χ0) is 16.1. The molecule has 1 fully saturated rings. The monoisotopic (exact) mass is 302 g/mol. The second kappa shape index (κ2) is 5.26. The van der Waals surface area contributed by atoms with Crippen LogP contribution in [-0.2, 0) is 11.8 Å². The molecule has 1 unspecified atom stereocenters. The average Bonchev–Trinajstić information content (AvgIpc) is 2.45. The van der Waals surface area contributed by atoms with Gasteiger partial charge in [0.15, 0.2) is 0 Å². The third-order valence-corrected chi connectivity index (χ3v) is 6.45. The maximum atomic E-state index is 10.5. The van der Waals surface area contributed by atoms with Crippen LogP contribution in [0.15, 0.2) is 12.1 Å². The van der Waals surface area contributed by atoms with Crippen molar-refractivity contribution in [3.8, 4) is 5.75 Å². The number of hydrogen-bond donors (Lipinski definition) is 2. The van der Waals surface area contributed by atoms with Crippen molar-refractivity contribution in [1.29, 1.82) is 0 Å². The number of rotatable bonds is 2. The molecule has 0 spiro atoms. The molecule has 0 amide bonds. The van der Waals surface area contributed by atoms with Crippen molar-refractivity contribution < 1.29 is 10.2 Å². The van der Waals surface area contributed by atoms with Gasteiger partial charge in [0.1, 0.15) is 5.75 Å². The number of aromatic hydroxyl groups is 1. The molecule has 2 nitrogen and oxygen atoms in total. The normalized spacial score (nSPS) is 30.0. The van der Waals surface area contributed by atoms with Crippen LogP contribution in [0.1, 0.15) is 76.0 Å². The highest BCUT2D eigenvalue weighted by atomic mass is 16.3. The van der Waals surface area contributed by atoms with Crippen LogP contribution in [0.25, 0.3) is 0 Å². The Morgan fingerprint density at radius 1 is 1.23 bits per heavy atom. The van der Waals surface area contributed by atoms with Gasteiger partial charge in [-0.15, -0.1) is 0 Å². The number of phenols is 1. The molecule has 2 aliphatic carbocycles. The minimum absolute atomic E-state index is 0.150. The Labute approximate surface area is 134 Å². The first-order valence-corrected chi connectivity index (χ1v) is 8.79. The number of benzene rings is 1. The van der Waals surface area contributed by atoms with Crippen molar-refractivity contribution in [1.82, 2.24) is 0 Å². The molecule has 0 bridgehead atoms. The van der Waals surface area contributed by atoms with Crippen LogP contribution in [-0.4, -0.2) is 16.8 Å². The highest BCUT2D eigenvalue weighted by molar-refractivity contribution is 5.49. The van der Waals surface area contributed by atoms with Crippen LogP contribution >= 0.6 is 0 Å². The van der Waals surface area contributed by atoms with E-state index in [0.29, 0.717) is 17.6 Å². The van der Waals surface area contributed by atoms with E-state index < -0.39 is 0 Å². The van der Waals surface area contributed by atoms with Gasteiger partial charge in [-0.2, -0.15) is 0 Å². The van der Waals surface area contributed by atoms with Gasteiger partial charge in [0.05, 0.1) is 6.61 Å². The van der Waals surface area contributed by atoms with E-state index >= 15 is 0 Å². The summed E-state index contributed by atoms with van der Waals surface area (Å²) >= 11 is 0. The van der Waals surface area contributed by atoms with Crippen molar-refractivity contribution in [3.63, 3.8) is 0 Å². The zero-order valence-electron chi connectivity index (χ0n) is 14.4. The summed E-state index contributed by atoms with van der Waals surface area (Å²) in [4.78, 5) is 0. The van der Waals surface area contributed by atoms with Gasteiger partial charge in [-0.25, -0.2) is 0 Å². The van der Waals surface area contributed by atoms with Crippen LogP contribution in [0.5, 0.6) is 5.75 Å². The van der Waals surface area contributed by atoms with Gasteiger partial charge < -0.3 is 10.2 Å². The van der Waals surface area contributed by atoms with Gasteiger partial charge in [-0.1, -0.05) is 40.2 Å². The van der Waals surface area contributed by atoms with Crippen LogP contribution in [0.4, 0.5) is 0 Å². The third-order valence-electron chi connectivity index (χ3n) is 6.45. The first kappa shape index (κ1) is 15.9. The lowest BCUT2D eigenvalue weighted by Gasteiger charge is -2.55. The smallest absolute Gasteiger partial charge is 0.119 e. The Morgan fingerprint density at radius 3 is 2.59 bits per heavy atom. The number of hydrogen-bond acceptors (Lipinski definition) is 2. The number of phenolic OH excluding ortho intramolecular Hbond substituents is 1. The summed E-state index contributed by atoms with van der Waals surface area (Å²) in [6, 6.07) is 4.18. The van der Waals surface area contributed by atoms with Crippen molar-refractivity contribution in [3.05, 3.63) is 28.8 Å². The van der Waals surface area contributed by atoms with Gasteiger partial charge in [0.25, 0.3) is 0 Å². The summed E-state index contributed by atoms with van der Waals surface area (Å²) in [5.41, 5.74) is 3.73. The van der Waals surface area contributed by atoms with Crippen molar-refractivity contribution in [2.45, 2.75) is 71.1 Å². The third kappa shape index (κ3) is 2.19. The summed E-state index contributed by atoms with van der Waals surface area (Å²) in [6.07, 6.45) is 5.68. The van der Waals surface area contributed by atoms with E-state index in [9.17, 15) is 10.2 Å². The Morgan fingerprint density at radius 2 is 1.95 bits per heavy atom. The van der Waals surface area contributed by atoms with Crippen molar-refractivity contribution >= 4 is 0 Å². The topological polar surface area (TPSA) is 40.5 Å². The quantitative estimate of drug-likeness (QED) is 0.843. The number of aryl methyl sites for hydroxylation is 1. The molecule has 2 aliphatic rings. The van der Waals surface area contributed by atoms with E-state index in [1.165, 1.54) is 17.5 Å². The highest BCUT2D eigenvalue weighted by Gasteiger charge is 2.52. The van der Waals surface area contributed by atoms with Crippen LogP contribution in [0.3, 0.4) is 0 Å². The number of aliphatic hydroxyl groups excluding tert-OH is 1.